The van der Waals surface area contributed by atoms with E-state index in [1.165, 1.54) is 6.07 Å². The Hall–Kier alpha value is -0.250. The van der Waals surface area contributed by atoms with Gasteiger partial charge < -0.3 is 5.32 Å². The molecule has 1 aliphatic rings. The third-order valence-corrected chi connectivity index (χ3v) is 3.96. The van der Waals surface area contributed by atoms with Crippen molar-refractivity contribution in [1.82, 2.24) is 5.32 Å². The maximum Gasteiger partial charge on any atom is 0.142 e. The Morgan fingerprint density at radius 2 is 2.36 bits per heavy atom. The zero-order valence-electron chi connectivity index (χ0n) is 7.81. The van der Waals surface area contributed by atoms with Crippen molar-refractivity contribution >= 4 is 23.4 Å². The molecule has 4 heteroatoms. The molecule has 0 saturated heterocycles. The summed E-state index contributed by atoms with van der Waals surface area (Å²) in [6, 6.07) is 3.57. The third kappa shape index (κ3) is 1.64. The zero-order valence-corrected chi connectivity index (χ0v) is 9.38. The molecule has 14 heavy (non-hydrogen) atoms. The summed E-state index contributed by atoms with van der Waals surface area (Å²) in [7, 11) is 1.91. The Morgan fingerprint density at radius 3 is 3.07 bits per heavy atom. The van der Waals surface area contributed by atoms with Gasteiger partial charge in [-0.05, 0) is 24.2 Å². The minimum Gasteiger partial charge on any atom is -0.312 e. The smallest absolute Gasteiger partial charge is 0.142 e. The molecule has 0 aromatic heterocycles. The van der Waals surface area contributed by atoms with Crippen LogP contribution < -0.4 is 5.32 Å². The van der Waals surface area contributed by atoms with Crippen LogP contribution in [0.4, 0.5) is 4.39 Å². The molecule has 1 aliphatic heterocycles. The molecular weight excluding hydrogens is 221 g/mol. The average Bonchev–Trinajstić information content (AvgIpc) is 2.23. The number of benzene rings is 1. The molecule has 1 atom stereocenters. The van der Waals surface area contributed by atoms with E-state index in [0.717, 1.165) is 22.6 Å². The molecule has 1 nitrogen and oxygen atoms in total. The van der Waals surface area contributed by atoms with Gasteiger partial charge in [-0.2, -0.15) is 11.8 Å². The highest BCUT2D eigenvalue weighted by molar-refractivity contribution is 7.98. The lowest BCUT2D eigenvalue weighted by atomic mass is 10.0. The first-order chi connectivity index (χ1) is 6.74. The molecule has 0 spiro atoms. The van der Waals surface area contributed by atoms with Gasteiger partial charge in [-0.1, -0.05) is 17.7 Å². The lowest BCUT2D eigenvalue weighted by Crippen LogP contribution is -2.23. The highest BCUT2D eigenvalue weighted by Crippen LogP contribution is 2.36. The number of hydrogen-bond acceptors (Lipinski definition) is 2. The lowest BCUT2D eigenvalue weighted by Gasteiger charge is -2.25. The van der Waals surface area contributed by atoms with Crippen LogP contribution in [-0.2, 0) is 5.75 Å². The molecule has 1 aromatic rings. The number of thioether (sulfide) groups is 1. The summed E-state index contributed by atoms with van der Waals surface area (Å²) in [6.45, 7) is 0. The van der Waals surface area contributed by atoms with E-state index in [-0.39, 0.29) is 10.8 Å². The number of nitrogens with one attached hydrogen (secondary N) is 1. The van der Waals surface area contributed by atoms with Gasteiger partial charge >= 0.3 is 0 Å². The maximum atomic E-state index is 13.2. The second kappa shape index (κ2) is 4.09. The van der Waals surface area contributed by atoms with E-state index in [2.05, 4.69) is 5.32 Å². The summed E-state index contributed by atoms with van der Waals surface area (Å²) < 4.78 is 13.2. The van der Waals surface area contributed by atoms with E-state index >= 15 is 0 Å². The van der Waals surface area contributed by atoms with Gasteiger partial charge in [0, 0.05) is 17.5 Å². The standard InChI is InChI=1S/C10H11ClFNS/c1-13-9-5-14-4-7-6(9)2-3-8(12)10(7)11/h2-3,9,13H,4-5H2,1H3. The first-order valence-electron chi connectivity index (χ1n) is 4.46. The molecule has 1 aromatic carbocycles. The van der Waals surface area contributed by atoms with Crippen molar-refractivity contribution in [1.29, 1.82) is 0 Å². The largest absolute Gasteiger partial charge is 0.312 e. The zero-order chi connectivity index (χ0) is 10.1. The second-order valence-electron chi connectivity index (χ2n) is 3.29. The highest BCUT2D eigenvalue weighted by atomic mass is 35.5. The van der Waals surface area contributed by atoms with E-state index in [0.29, 0.717) is 6.04 Å². The van der Waals surface area contributed by atoms with Crippen molar-refractivity contribution < 1.29 is 4.39 Å². The Morgan fingerprint density at radius 1 is 1.57 bits per heavy atom. The molecule has 0 bridgehead atoms. The molecule has 0 saturated carbocycles. The van der Waals surface area contributed by atoms with Crippen LogP contribution >= 0.6 is 23.4 Å². The van der Waals surface area contributed by atoms with Crippen molar-refractivity contribution in [3.8, 4) is 0 Å². The molecule has 1 heterocycles. The minimum absolute atomic E-state index is 0.287. The van der Waals surface area contributed by atoms with E-state index < -0.39 is 0 Å². The van der Waals surface area contributed by atoms with Gasteiger partial charge in [-0.3, -0.25) is 0 Å². The number of halogens is 2. The topological polar surface area (TPSA) is 12.0 Å². The van der Waals surface area contributed by atoms with Crippen LogP contribution in [0, 0.1) is 5.82 Å². The van der Waals surface area contributed by atoms with Crippen molar-refractivity contribution in [2.24, 2.45) is 0 Å². The molecule has 0 fully saturated rings. The highest BCUT2D eigenvalue weighted by Gasteiger charge is 2.22. The third-order valence-electron chi connectivity index (χ3n) is 2.49. The van der Waals surface area contributed by atoms with Crippen LogP contribution in [0.3, 0.4) is 0 Å². The van der Waals surface area contributed by atoms with Gasteiger partial charge in [0.1, 0.15) is 5.82 Å². The van der Waals surface area contributed by atoms with Crippen LogP contribution in [0.1, 0.15) is 17.2 Å². The first kappa shape index (κ1) is 10.3. The van der Waals surface area contributed by atoms with Crippen LogP contribution in [0.15, 0.2) is 12.1 Å². The summed E-state index contributed by atoms with van der Waals surface area (Å²) in [4.78, 5) is 0. The summed E-state index contributed by atoms with van der Waals surface area (Å²) in [5, 5.41) is 3.49. The molecule has 76 valence electrons. The predicted octanol–water partition coefficient (Wildman–Crippen LogP) is 2.99. The summed E-state index contributed by atoms with van der Waals surface area (Å²) in [5.74, 6) is 1.51. The molecule has 1 unspecified atom stereocenters. The fourth-order valence-corrected chi connectivity index (χ4v) is 3.22. The summed E-state index contributed by atoms with van der Waals surface area (Å²) >= 11 is 7.70. The van der Waals surface area contributed by atoms with Crippen molar-refractivity contribution in [2.75, 3.05) is 12.8 Å². The fourth-order valence-electron chi connectivity index (χ4n) is 1.69. The monoisotopic (exact) mass is 231 g/mol. The second-order valence-corrected chi connectivity index (χ2v) is 4.69. The predicted molar refractivity (Wildman–Crippen MR) is 59.4 cm³/mol. The SMILES string of the molecule is CNC1CSCc2c1ccc(F)c2Cl. The Balaban J connectivity index is 2.50. The normalized spacial score (nSPS) is 20.6. The van der Waals surface area contributed by atoms with Gasteiger partial charge in [0.15, 0.2) is 0 Å². The van der Waals surface area contributed by atoms with Gasteiger partial charge in [0.05, 0.1) is 5.02 Å². The summed E-state index contributed by atoms with van der Waals surface area (Å²) in [5.41, 5.74) is 2.08. The van der Waals surface area contributed by atoms with Crippen LogP contribution in [0.2, 0.25) is 5.02 Å². The van der Waals surface area contributed by atoms with Crippen molar-refractivity contribution in [2.45, 2.75) is 11.8 Å². The van der Waals surface area contributed by atoms with Crippen molar-refractivity contribution in [3.05, 3.63) is 34.1 Å². The molecule has 0 amide bonds. The van der Waals surface area contributed by atoms with E-state index in [4.69, 9.17) is 11.6 Å². The average molecular weight is 232 g/mol. The molecule has 1 N–H and O–H groups in total. The minimum atomic E-state index is -0.317. The Labute approximate surface area is 92.0 Å². The fraction of sp³-hybridized carbons (Fsp3) is 0.400. The van der Waals surface area contributed by atoms with Gasteiger partial charge in [-0.15, -0.1) is 0 Å². The number of rotatable bonds is 1. The first-order valence-corrected chi connectivity index (χ1v) is 5.99. The molecular formula is C10H11ClFNS. The van der Waals surface area contributed by atoms with E-state index in [1.54, 1.807) is 11.8 Å². The van der Waals surface area contributed by atoms with Crippen LogP contribution in [0.25, 0.3) is 0 Å². The van der Waals surface area contributed by atoms with Gasteiger partial charge in [0.2, 0.25) is 0 Å². The van der Waals surface area contributed by atoms with Crippen molar-refractivity contribution in [3.63, 3.8) is 0 Å². The number of fused-ring (bicyclic) bond motifs is 1. The Kier molecular flexibility index (Phi) is 3.00. The molecule has 2 rings (SSSR count). The van der Waals surface area contributed by atoms with Crippen LogP contribution in [-0.4, -0.2) is 12.8 Å². The Bertz CT molecular complexity index is 356. The number of hydrogen-bond donors (Lipinski definition) is 1. The lowest BCUT2D eigenvalue weighted by molar-refractivity contribution is 0.615. The summed E-state index contributed by atoms with van der Waals surface area (Å²) in [6.07, 6.45) is 0. The van der Waals surface area contributed by atoms with Gasteiger partial charge in [-0.25, -0.2) is 4.39 Å². The van der Waals surface area contributed by atoms with E-state index in [1.807, 2.05) is 13.1 Å². The molecule has 0 aliphatic carbocycles. The van der Waals surface area contributed by atoms with E-state index in [9.17, 15) is 4.39 Å². The quantitative estimate of drug-likeness (QED) is 0.798. The molecule has 0 radical (unpaired) electrons. The van der Waals surface area contributed by atoms with Crippen LogP contribution in [0.5, 0.6) is 0 Å². The van der Waals surface area contributed by atoms with Gasteiger partial charge in [0.25, 0.3) is 0 Å². The maximum absolute atomic E-state index is 13.2.